The molecule has 3 rings (SSSR count). The van der Waals surface area contributed by atoms with Crippen LogP contribution in [0.15, 0.2) is 16.8 Å². The molecular weight excluding hydrogens is 216 g/mol. The Kier molecular flexibility index (Phi) is 2.78. The van der Waals surface area contributed by atoms with Crippen LogP contribution >= 0.6 is 11.3 Å². The molecule has 3 unspecified atom stereocenters. The van der Waals surface area contributed by atoms with Gasteiger partial charge in [-0.05, 0) is 55.0 Å². The van der Waals surface area contributed by atoms with Crippen molar-refractivity contribution in [3.05, 3.63) is 22.4 Å². The van der Waals surface area contributed by atoms with Gasteiger partial charge in [-0.25, -0.2) is 0 Å². The Labute approximate surface area is 101 Å². The van der Waals surface area contributed by atoms with Crippen molar-refractivity contribution >= 4 is 11.3 Å². The summed E-state index contributed by atoms with van der Waals surface area (Å²) in [6, 6.07) is 4.77. The fraction of sp³-hybridized carbons (Fsp3) is 0.692. The first kappa shape index (κ1) is 10.8. The van der Waals surface area contributed by atoms with Crippen LogP contribution in [-0.2, 0) is 0 Å². The zero-order valence-electron chi connectivity index (χ0n) is 9.80. The second-order valence-electron chi connectivity index (χ2n) is 5.30. The van der Waals surface area contributed by atoms with Crippen molar-refractivity contribution in [1.29, 1.82) is 0 Å². The van der Waals surface area contributed by atoms with Crippen molar-refractivity contribution in [1.82, 2.24) is 4.90 Å². The number of hydrogen-bond donors (Lipinski definition) is 1. The Hall–Kier alpha value is -0.380. The lowest BCUT2D eigenvalue weighted by Gasteiger charge is -2.41. The van der Waals surface area contributed by atoms with Gasteiger partial charge in [-0.15, -0.1) is 0 Å². The summed E-state index contributed by atoms with van der Waals surface area (Å²) in [5.74, 6) is 0. The predicted octanol–water partition coefficient (Wildman–Crippen LogP) is 2.76. The normalized spacial score (nSPS) is 36.5. The second-order valence-corrected chi connectivity index (χ2v) is 6.08. The minimum absolute atomic E-state index is 0.448. The van der Waals surface area contributed by atoms with Crippen LogP contribution in [0.3, 0.4) is 0 Å². The minimum Gasteiger partial charge on any atom is -0.328 e. The number of rotatable bonds is 2. The Morgan fingerprint density at radius 3 is 2.62 bits per heavy atom. The zero-order chi connectivity index (χ0) is 11.1. The summed E-state index contributed by atoms with van der Waals surface area (Å²) in [7, 11) is 0. The first-order chi connectivity index (χ1) is 7.75. The van der Waals surface area contributed by atoms with E-state index in [-0.39, 0.29) is 0 Å². The maximum absolute atomic E-state index is 6.11. The molecule has 0 aliphatic carbocycles. The molecule has 2 N–H and O–H groups in total. The van der Waals surface area contributed by atoms with Gasteiger partial charge in [0.2, 0.25) is 0 Å². The molecule has 0 spiro atoms. The molecule has 0 amide bonds. The van der Waals surface area contributed by atoms with Gasteiger partial charge < -0.3 is 5.73 Å². The van der Waals surface area contributed by atoms with Gasteiger partial charge in [-0.3, -0.25) is 4.90 Å². The van der Waals surface area contributed by atoms with Crippen molar-refractivity contribution in [3.63, 3.8) is 0 Å². The van der Waals surface area contributed by atoms with Crippen molar-refractivity contribution in [2.45, 2.75) is 56.8 Å². The average molecular weight is 236 g/mol. The van der Waals surface area contributed by atoms with Crippen LogP contribution < -0.4 is 5.73 Å². The largest absolute Gasteiger partial charge is 0.328 e. The van der Waals surface area contributed by atoms with E-state index in [1.54, 1.807) is 11.3 Å². The molecule has 2 aliphatic rings. The maximum Gasteiger partial charge on any atom is 0.0334 e. The molecule has 2 nitrogen and oxygen atoms in total. The molecule has 2 bridgehead atoms. The molecule has 3 heterocycles. The highest BCUT2D eigenvalue weighted by atomic mass is 32.1. The zero-order valence-corrected chi connectivity index (χ0v) is 10.6. The van der Waals surface area contributed by atoms with E-state index >= 15 is 0 Å². The van der Waals surface area contributed by atoms with Crippen LogP contribution in [0.2, 0.25) is 0 Å². The predicted molar refractivity (Wildman–Crippen MR) is 68.6 cm³/mol. The van der Waals surface area contributed by atoms with Crippen LogP contribution in [0.5, 0.6) is 0 Å². The van der Waals surface area contributed by atoms with Gasteiger partial charge >= 0.3 is 0 Å². The molecule has 0 aromatic carbocycles. The first-order valence-electron chi connectivity index (χ1n) is 6.31. The summed E-state index contributed by atoms with van der Waals surface area (Å²) in [6.45, 7) is 2.35. The SMILES string of the molecule is CC(c1ccsc1)N1C2CCC1CC(N)C2. The van der Waals surface area contributed by atoms with Crippen LogP contribution in [0.4, 0.5) is 0 Å². The fourth-order valence-corrected chi connectivity index (χ4v) is 4.32. The highest BCUT2D eigenvalue weighted by molar-refractivity contribution is 7.07. The van der Waals surface area contributed by atoms with E-state index in [4.69, 9.17) is 5.73 Å². The third kappa shape index (κ3) is 1.71. The number of nitrogens with zero attached hydrogens (tertiary/aromatic N) is 1. The lowest BCUT2D eigenvalue weighted by Crippen LogP contribution is -2.48. The molecule has 2 fully saturated rings. The van der Waals surface area contributed by atoms with Crippen molar-refractivity contribution in [3.8, 4) is 0 Å². The molecular formula is C13H20N2S. The van der Waals surface area contributed by atoms with Crippen LogP contribution in [0.1, 0.15) is 44.2 Å². The molecule has 0 radical (unpaired) electrons. The summed E-state index contributed by atoms with van der Waals surface area (Å²) in [4.78, 5) is 2.73. The quantitative estimate of drug-likeness (QED) is 0.855. The second kappa shape index (κ2) is 4.13. The average Bonchev–Trinajstić information content (AvgIpc) is 2.85. The lowest BCUT2D eigenvalue weighted by molar-refractivity contribution is 0.0856. The summed E-state index contributed by atoms with van der Waals surface area (Å²) in [5, 5.41) is 4.47. The van der Waals surface area contributed by atoms with Crippen molar-refractivity contribution in [2.24, 2.45) is 5.73 Å². The first-order valence-corrected chi connectivity index (χ1v) is 7.25. The van der Waals surface area contributed by atoms with Gasteiger partial charge in [0.25, 0.3) is 0 Å². The highest BCUT2D eigenvalue weighted by Gasteiger charge is 2.41. The third-order valence-electron chi connectivity index (χ3n) is 4.30. The molecule has 16 heavy (non-hydrogen) atoms. The fourth-order valence-electron chi connectivity index (χ4n) is 3.57. The Balaban J connectivity index is 1.81. The van der Waals surface area contributed by atoms with Crippen LogP contribution in [-0.4, -0.2) is 23.0 Å². The standard InChI is InChI=1S/C13H20N2S/c1-9(10-4-5-16-8-10)15-12-2-3-13(15)7-11(14)6-12/h4-5,8-9,11-13H,2-3,6-7,14H2,1H3. The minimum atomic E-state index is 0.448. The van der Waals surface area contributed by atoms with E-state index in [0.29, 0.717) is 12.1 Å². The topological polar surface area (TPSA) is 29.3 Å². The van der Waals surface area contributed by atoms with E-state index in [1.807, 2.05) is 0 Å². The van der Waals surface area contributed by atoms with Crippen LogP contribution in [0, 0.1) is 0 Å². The van der Waals surface area contributed by atoms with Gasteiger partial charge in [0, 0.05) is 24.2 Å². The summed E-state index contributed by atoms with van der Waals surface area (Å²) >= 11 is 1.80. The Bertz CT molecular complexity index is 335. The molecule has 2 aliphatic heterocycles. The van der Waals surface area contributed by atoms with Gasteiger partial charge in [0.1, 0.15) is 0 Å². The van der Waals surface area contributed by atoms with E-state index in [1.165, 1.54) is 31.2 Å². The smallest absolute Gasteiger partial charge is 0.0334 e. The lowest BCUT2D eigenvalue weighted by atomic mass is 9.95. The van der Waals surface area contributed by atoms with Crippen LogP contribution in [0.25, 0.3) is 0 Å². The van der Waals surface area contributed by atoms with E-state index < -0.39 is 0 Å². The maximum atomic E-state index is 6.11. The summed E-state index contributed by atoms with van der Waals surface area (Å²) in [5.41, 5.74) is 7.60. The van der Waals surface area contributed by atoms with Gasteiger partial charge in [0.15, 0.2) is 0 Å². The number of piperidine rings is 1. The highest BCUT2D eigenvalue weighted by Crippen LogP contribution is 2.41. The number of hydrogen-bond acceptors (Lipinski definition) is 3. The van der Waals surface area contributed by atoms with E-state index in [2.05, 4.69) is 28.7 Å². The molecule has 2 saturated heterocycles. The molecule has 3 heteroatoms. The molecule has 1 aromatic heterocycles. The number of fused-ring (bicyclic) bond motifs is 2. The van der Waals surface area contributed by atoms with Crippen molar-refractivity contribution in [2.75, 3.05) is 0 Å². The van der Waals surface area contributed by atoms with E-state index in [0.717, 1.165) is 12.1 Å². The Morgan fingerprint density at radius 1 is 1.38 bits per heavy atom. The monoisotopic (exact) mass is 236 g/mol. The molecule has 88 valence electrons. The third-order valence-corrected chi connectivity index (χ3v) is 5.00. The molecule has 3 atom stereocenters. The number of thiophene rings is 1. The molecule has 1 aromatic rings. The Morgan fingerprint density at radius 2 is 2.06 bits per heavy atom. The van der Waals surface area contributed by atoms with Gasteiger partial charge in [0.05, 0.1) is 0 Å². The van der Waals surface area contributed by atoms with Crippen molar-refractivity contribution < 1.29 is 0 Å². The summed E-state index contributed by atoms with van der Waals surface area (Å²) < 4.78 is 0. The molecule has 0 saturated carbocycles. The van der Waals surface area contributed by atoms with Gasteiger partial charge in [-0.2, -0.15) is 11.3 Å². The van der Waals surface area contributed by atoms with E-state index in [9.17, 15) is 0 Å². The van der Waals surface area contributed by atoms with Gasteiger partial charge in [-0.1, -0.05) is 0 Å². The summed E-state index contributed by atoms with van der Waals surface area (Å²) in [6.07, 6.45) is 5.11. The number of nitrogens with two attached hydrogens (primary N) is 1.